The highest BCUT2D eigenvalue weighted by Crippen LogP contribution is 2.32. The van der Waals surface area contributed by atoms with Crippen LogP contribution in [0.1, 0.15) is 48.0 Å². The van der Waals surface area contributed by atoms with E-state index in [1.807, 2.05) is 25.2 Å². The Morgan fingerprint density at radius 2 is 1.83 bits per heavy atom. The average Bonchev–Trinajstić information content (AvgIpc) is 2.50. The SMILES string of the molecule is COC1CC(C)=C(C=CC(C)=CC=CC(C)=CC(C)O)C(C)=C1C. The molecule has 132 valence electrons. The first-order valence-electron chi connectivity index (χ1n) is 8.56. The van der Waals surface area contributed by atoms with Gasteiger partial charge in [0.2, 0.25) is 0 Å². The minimum absolute atomic E-state index is 0.213. The number of ether oxygens (including phenoxy) is 1. The Hall–Kier alpha value is -1.64. The van der Waals surface area contributed by atoms with E-state index in [0.29, 0.717) is 0 Å². The third-order valence-corrected chi connectivity index (χ3v) is 4.45. The van der Waals surface area contributed by atoms with E-state index in [2.05, 4.69) is 45.9 Å². The Morgan fingerprint density at radius 1 is 1.17 bits per heavy atom. The highest BCUT2D eigenvalue weighted by molar-refractivity contribution is 5.49. The standard InChI is InChI=1S/C22H32O2/c1-15(9-8-10-16(2)13-18(4)23)11-12-21-17(3)14-22(24-7)20(6)19(21)5/h8-13,18,22-23H,14H2,1-7H3. The van der Waals surface area contributed by atoms with Crippen LogP contribution in [0.25, 0.3) is 0 Å². The smallest absolute Gasteiger partial charge is 0.0821 e. The molecule has 0 bridgehead atoms. The van der Waals surface area contributed by atoms with E-state index < -0.39 is 6.10 Å². The fraction of sp³-hybridized carbons (Fsp3) is 0.455. The van der Waals surface area contributed by atoms with E-state index in [-0.39, 0.29) is 6.10 Å². The van der Waals surface area contributed by atoms with Crippen molar-refractivity contribution in [2.45, 2.75) is 60.2 Å². The summed E-state index contributed by atoms with van der Waals surface area (Å²) in [6, 6.07) is 0. The van der Waals surface area contributed by atoms with Crippen molar-refractivity contribution in [3.8, 4) is 0 Å². The molecule has 2 unspecified atom stereocenters. The Labute approximate surface area is 147 Å². The van der Waals surface area contributed by atoms with Crippen molar-refractivity contribution < 1.29 is 9.84 Å². The van der Waals surface area contributed by atoms with Gasteiger partial charge in [0.1, 0.15) is 0 Å². The molecule has 0 heterocycles. The normalized spacial score (nSPS) is 22.2. The van der Waals surface area contributed by atoms with E-state index in [4.69, 9.17) is 4.74 Å². The quantitative estimate of drug-likeness (QED) is 0.658. The minimum atomic E-state index is -0.408. The maximum absolute atomic E-state index is 9.31. The van der Waals surface area contributed by atoms with E-state index in [1.54, 1.807) is 14.0 Å². The first-order chi connectivity index (χ1) is 11.3. The number of allylic oxidation sites excluding steroid dienone is 9. The van der Waals surface area contributed by atoms with Gasteiger partial charge in [0.15, 0.2) is 0 Å². The van der Waals surface area contributed by atoms with Crippen LogP contribution in [-0.4, -0.2) is 24.4 Å². The highest BCUT2D eigenvalue weighted by atomic mass is 16.5. The van der Waals surface area contributed by atoms with Gasteiger partial charge in [-0.15, -0.1) is 0 Å². The molecule has 2 nitrogen and oxygen atoms in total. The van der Waals surface area contributed by atoms with Gasteiger partial charge in [-0.25, -0.2) is 0 Å². The molecule has 24 heavy (non-hydrogen) atoms. The second-order valence-electron chi connectivity index (χ2n) is 6.68. The van der Waals surface area contributed by atoms with Crippen LogP contribution in [0, 0.1) is 0 Å². The van der Waals surface area contributed by atoms with Crippen LogP contribution in [0.3, 0.4) is 0 Å². The molecular weight excluding hydrogens is 296 g/mol. The summed E-state index contributed by atoms with van der Waals surface area (Å²) in [5.41, 5.74) is 7.59. The van der Waals surface area contributed by atoms with Crippen molar-refractivity contribution >= 4 is 0 Å². The molecule has 1 aliphatic rings. The largest absolute Gasteiger partial charge is 0.389 e. The summed E-state index contributed by atoms with van der Waals surface area (Å²) in [5, 5.41) is 9.31. The molecule has 0 aromatic heterocycles. The predicted molar refractivity (Wildman–Crippen MR) is 104 cm³/mol. The summed E-state index contributed by atoms with van der Waals surface area (Å²) in [4.78, 5) is 0. The summed E-state index contributed by atoms with van der Waals surface area (Å²) in [5.74, 6) is 0. The molecule has 2 heteroatoms. The molecule has 1 N–H and O–H groups in total. The highest BCUT2D eigenvalue weighted by Gasteiger charge is 2.20. The number of rotatable bonds is 6. The second-order valence-corrected chi connectivity index (χ2v) is 6.68. The summed E-state index contributed by atoms with van der Waals surface area (Å²) >= 11 is 0. The molecule has 0 fully saturated rings. The Bertz CT molecular complexity index is 622. The Morgan fingerprint density at radius 3 is 2.42 bits per heavy atom. The summed E-state index contributed by atoms with van der Waals surface area (Å²) in [7, 11) is 1.78. The third-order valence-electron chi connectivity index (χ3n) is 4.45. The van der Waals surface area contributed by atoms with Gasteiger partial charge < -0.3 is 9.84 Å². The lowest BCUT2D eigenvalue weighted by Gasteiger charge is -2.26. The topological polar surface area (TPSA) is 29.5 Å². The van der Waals surface area contributed by atoms with Gasteiger partial charge >= 0.3 is 0 Å². The Kier molecular flexibility index (Phi) is 8.17. The zero-order valence-corrected chi connectivity index (χ0v) is 16.2. The van der Waals surface area contributed by atoms with Gasteiger partial charge in [-0.3, -0.25) is 0 Å². The van der Waals surface area contributed by atoms with Crippen LogP contribution in [0.15, 0.2) is 69.9 Å². The molecule has 0 spiro atoms. The first-order valence-corrected chi connectivity index (χ1v) is 8.56. The molecule has 0 aromatic carbocycles. The van der Waals surface area contributed by atoms with Crippen molar-refractivity contribution in [1.29, 1.82) is 0 Å². The second kappa shape index (κ2) is 9.61. The summed E-state index contributed by atoms with van der Waals surface area (Å²) in [6.07, 6.45) is 13.1. The zero-order valence-electron chi connectivity index (χ0n) is 16.2. The van der Waals surface area contributed by atoms with Crippen LogP contribution in [0.4, 0.5) is 0 Å². The van der Waals surface area contributed by atoms with Crippen LogP contribution in [0.5, 0.6) is 0 Å². The van der Waals surface area contributed by atoms with Crippen molar-refractivity contribution in [2.75, 3.05) is 7.11 Å². The molecule has 0 saturated carbocycles. The molecule has 0 aromatic rings. The number of hydrogen-bond acceptors (Lipinski definition) is 2. The van der Waals surface area contributed by atoms with Gasteiger partial charge in [-0.05, 0) is 64.7 Å². The van der Waals surface area contributed by atoms with E-state index in [0.717, 1.165) is 12.0 Å². The van der Waals surface area contributed by atoms with Gasteiger partial charge in [0, 0.05) is 7.11 Å². The average molecular weight is 328 g/mol. The number of methoxy groups -OCH3 is 1. The lowest BCUT2D eigenvalue weighted by atomic mass is 9.85. The molecule has 0 aliphatic heterocycles. The fourth-order valence-corrected chi connectivity index (χ4v) is 2.90. The van der Waals surface area contributed by atoms with E-state index >= 15 is 0 Å². The number of hydrogen-bond donors (Lipinski definition) is 1. The van der Waals surface area contributed by atoms with Gasteiger partial charge in [0.05, 0.1) is 12.2 Å². The Balaban J connectivity index is 2.85. The molecule has 1 rings (SSSR count). The fourth-order valence-electron chi connectivity index (χ4n) is 2.90. The molecular formula is C22H32O2. The maximum atomic E-state index is 9.31. The van der Waals surface area contributed by atoms with E-state index in [1.165, 1.54) is 27.9 Å². The van der Waals surface area contributed by atoms with Crippen molar-refractivity contribution in [3.05, 3.63) is 69.9 Å². The van der Waals surface area contributed by atoms with Crippen LogP contribution >= 0.6 is 0 Å². The van der Waals surface area contributed by atoms with Crippen molar-refractivity contribution in [1.82, 2.24) is 0 Å². The first kappa shape index (κ1) is 20.4. The summed E-state index contributed by atoms with van der Waals surface area (Å²) < 4.78 is 5.56. The van der Waals surface area contributed by atoms with Crippen molar-refractivity contribution in [2.24, 2.45) is 0 Å². The molecule has 0 amide bonds. The van der Waals surface area contributed by atoms with Crippen LogP contribution in [-0.2, 0) is 4.74 Å². The summed E-state index contributed by atoms with van der Waals surface area (Å²) in [6.45, 7) is 12.4. The number of aliphatic hydroxyl groups is 1. The lowest BCUT2D eigenvalue weighted by Crippen LogP contribution is -2.18. The zero-order chi connectivity index (χ0) is 18.3. The minimum Gasteiger partial charge on any atom is -0.389 e. The molecule has 0 radical (unpaired) electrons. The third kappa shape index (κ3) is 6.10. The molecule has 0 saturated heterocycles. The van der Waals surface area contributed by atoms with Crippen LogP contribution < -0.4 is 0 Å². The van der Waals surface area contributed by atoms with Gasteiger partial charge in [-0.1, -0.05) is 53.2 Å². The lowest BCUT2D eigenvalue weighted by molar-refractivity contribution is 0.129. The van der Waals surface area contributed by atoms with E-state index in [9.17, 15) is 5.11 Å². The van der Waals surface area contributed by atoms with Gasteiger partial charge in [0.25, 0.3) is 0 Å². The molecule has 1 aliphatic carbocycles. The maximum Gasteiger partial charge on any atom is 0.0821 e. The number of aliphatic hydroxyl groups excluding tert-OH is 1. The van der Waals surface area contributed by atoms with Gasteiger partial charge in [-0.2, -0.15) is 0 Å². The van der Waals surface area contributed by atoms with Crippen molar-refractivity contribution in [3.63, 3.8) is 0 Å². The monoisotopic (exact) mass is 328 g/mol. The molecule has 2 atom stereocenters. The van der Waals surface area contributed by atoms with Crippen LogP contribution in [0.2, 0.25) is 0 Å². The predicted octanol–water partition coefficient (Wildman–Crippen LogP) is 5.44.